The zero-order valence-electron chi connectivity index (χ0n) is 7.11. The van der Waals surface area contributed by atoms with Crippen molar-refractivity contribution in [2.24, 2.45) is 0 Å². The summed E-state index contributed by atoms with van der Waals surface area (Å²) in [6, 6.07) is 7.07. The molecule has 0 heterocycles. The highest BCUT2D eigenvalue weighted by atomic mass is 79.9. The van der Waals surface area contributed by atoms with Gasteiger partial charge in [-0.3, -0.25) is 4.79 Å². The van der Waals surface area contributed by atoms with E-state index in [1.54, 1.807) is 24.3 Å². The molecule has 1 aromatic rings. The van der Waals surface area contributed by atoms with E-state index >= 15 is 0 Å². The number of carbonyl (C=O) groups excluding carboxylic acids is 1. The zero-order chi connectivity index (χ0) is 10.4. The molecule has 4 heteroatoms. The molecule has 0 atom stereocenters. The van der Waals surface area contributed by atoms with Crippen LogP contribution in [0.15, 0.2) is 40.2 Å². The van der Waals surface area contributed by atoms with E-state index in [4.69, 9.17) is 5.26 Å². The molecule has 2 nitrogen and oxygen atoms in total. The van der Waals surface area contributed by atoms with Gasteiger partial charge >= 0.3 is 0 Å². The second kappa shape index (κ2) is 5.63. The summed E-state index contributed by atoms with van der Waals surface area (Å²) in [6.07, 6.45) is 1.39. The molecule has 0 bridgehead atoms. The highest BCUT2D eigenvalue weighted by Gasteiger charge is 1.99. The molecule has 0 aliphatic heterocycles. The number of allylic oxidation sites excluding steroid dienone is 1. The van der Waals surface area contributed by atoms with Crippen LogP contribution in [0.1, 0.15) is 10.4 Å². The fourth-order valence-corrected chi connectivity index (χ4v) is 1.35. The summed E-state index contributed by atoms with van der Waals surface area (Å²) in [6.45, 7) is 0. The van der Waals surface area contributed by atoms with Crippen LogP contribution in [0.5, 0.6) is 0 Å². The van der Waals surface area contributed by atoms with E-state index < -0.39 is 0 Å². The molecule has 0 aliphatic rings. The fourth-order valence-electron chi connectivity index (χ4n) is 0.837. The molecule has 0 amide bonds. The predicted molar refractivity (Wildman–Crippen MR) is 60.8 cm³/mol. The molecule has 0 spiro atoms. The van der Waals surface area contributed by atoms with Gasteiger partial charge in [-0.25, -0.2) is 0 Å². The molecule has 0 unspecified atom stereocenters. The standard InChI is InChI=1S/C10H6BrNOS/c11-9-3-1-8(2-4-9)10(13)5-6-14-7-12/h1-6H. The molecule has 1 rings (SSSR count). The fraction of sp³-hybridized carbons (Fsp3) is 0. The Morgan fingerprint density at radius 1 is 1.43 bits per heavy atom. The summed E-state index contributed by atoms with van der Waals surface area (Å²) in [5, 5.41) is 11.6. The highest BCUT2D eigenvalue weighted by molar-refractivity contribution is 9.10. The summed E-state index contributed by atoms with van der Waals surface area (Å²) in [5.41, 5.74) is 0.614. The van der Waals surface area contributed by atoms with Crippen molar-refractivity contribution in [2.75, 3.05) is 0 Å². The molecule has 1 aromatic carbocycles. The minimum absolute atomic E-state index is 0.0970. The van der Waals surface area contributed by atoms with E-state index in [9.17, 15) is 4.79 Å². The number of carbonyl (C=O) groups is 1. The number of hydrogen-bond acceptors (Lipinski definition) is 3. The van der Waals surface area contributed by atoms with Gasteiger partial charge in [0.25, 0.3) is 0 Å². The third-order valence-electron chi connectivity index (χ3n) is 1.47. The van der Waals surface area contributed by atoms with Crippen LogP contribution in [0.3, 0.4) is 0 Å². The highest BCUT2D eigenvalue weighted by Crippen LogP contribution is 2.11. The maximum Gasteiger partial charge on any atom is 0.186 e. The number of rotatable bonds is 3. The molecule has 0 aromatic heterocycles. The Morgan fingerprint density at radius 2 is 2.07 bits per heavy atom. The van der Waals surface area contributed by atoms with Crippen LogP contribution in [-0.4, -0.2) is 5.78 Å². The van der Waals surface area contributed by atoms with Crippen molar-refractivity contribution in [2.45, 2.75) is 0 Å². The van der Waals surface area contributed by atoms with Crippen molar-refractivity contribution in [3.8, 4) is 5.40 Å². The van der Waals surface area contributed by atoms with Crippen LogP contribution in [0, 0.1) is 10.7 Å². The molecular weight excluding hydrogens is 262 g/mol. The van der Waals surface area contributed by atoms with E-state index in [-0.39, 0.29) is 5.78 Å². The van der Waals surface area contributed by atoms with Gasteiger partial charge in [0.15, 0.2) is 5.78 Å². The minimum Gasteiger partial charge on any atom is -0.289 e. The molecule has 0 saturated heterocycles. The van der Waals surface area contributed by atoms with Gasteiger partial charge in [-0.2, -0.15) is 5.26 Å². The lowest BCUT2D eigenvalue weighted by molar-refractivity contribution is 0.104. The minimum atomic E-state index is -0.0970. The normalized spacial score (nSPS) is 10.0. The van der Waals surface area contributed by atoms with Gasteiger partial charge in [0.1, 0.15) is 5.40 Å². The number of hydrogen-bond donors (Lipinski definition) is 0. The second-order valence-corrected chi connectivity index (χ2v) is 3.99. The molecule has 0 N–H and O–H groups in total. The van der Waals surface area contributed by atoms with Crippen LogP contribution in [-0.2, 0) is 0 Å². The monoisotopic (exact) mass is 267 g/mol. The molecule has 14 heavy (non-hydrogen) atoms. The average Bonchev–Trinajstić information content (AvgIpc) is 2.19. The first-order valence-electron chi connectivity index (χ1n) is 3.75. The lowest BCUT2D eigenvalue weighted by Crippen LogP contribution is -1.92. The number of thioether (sulfide) groups is 1. The molecule has 0 saturated carbocycles. The number of benzene rings is 1. The van der Waals surface area contributed by atoms with Gasteiger partial charge in [0, 0.05) is 10.0 Å². The van der Waals surface area contributed by atoms with E-state index in [2.05, 4.69) is 15.9 Å². The SMILES string of the molecule is N#CSC=CC(=O)c1ccc(Br)cc1. The lowest BCUT2D eigenvalue weighted by Gasteiger charge is -1.94. The maximum absolute atomic E-state index is 11.4. The topological polar surface area (TPSA) is 40.9 Å². The quantitative estimate of drug-likeness (QED) is 0.479. The molecular formula is C10H6BrNOS. The Bertz CT molecular complexity index is 392. The van der Waals surface area contributed by atoms with Crippen LogP contribution in [0.25, 0.3) is 0 Å². The van der Waals surface area contributed by atoms with Gasteiger partial charge in [-0.1, -0.05) is 15.9 Å². The largest absolute Gasteiger partial charge is 0.289 e. The Morgan fingerprint density at radius 3 is 2.64 bits per heavy atom. The number of ketones is 1. The molecule has 70 valence electrons. The lowest BCUT2D eigenvalue weighted by atomic mass is 10.1. The average molecular weight is 268 g/mol. The Kier molecular flexibility index (Phi) is 4.44. The predicted octanol–water partition coefficient (Wildman–Crippen LogP) is 3.36. The summed E-state index contributed by atoms with van der Waals surface area (Å²) >= 11 is 4.21. The summed E-state index contributed by atoms with van der Waals surface area (Å²) in [5.74, 6) is -0.0970. The van der Waals surface area contributed by atoms with Crippen LogP contribution in [0.2, 0.25) is 0 Å². The maximum atomic E-state index is 11.4. The smallest absolute Gasteiger partial charge is 0.186 e. The van der Waals surface area contributed by atoms with Crippen LogP contribution in [0.4, 0.5) is 0 Å². The zero-order valence-corrected chi connectivity index (χ0v) is 9.51. The summed E-state index contributed by atoms with van der Waals surface area (Å²) < 4.78 is 0.935. The number of nitriles is 1. The third kappa shape index (κ3) is 3.36. The van der Waals surface area contributed by atoms with E-state index in [1.165, 1.54) is 11.5 Å². The first-order valence-corrected chi connectivity index (χ1v) is 5.42. The molecule has 0 fully saturated rings. The van der Waals surface area contributed by atoms with Crippen molar-refractivity contribution < 1.29 is 4.79 Å². The van der Waals surface area contributed by atoms with Crippen LogP contribution < -0.4 is 0 Å². The number of thiocyanates is 1. The van der Waals surface area contributed by atoms with Crippen molar-refractivity contribution in [1.82, 2.24) is 0 Å². The van der Waals surface area contributed by atoms with Crippen LogP contribution >= 0.6 is 27.7 Å². The summed E-state index contributed by atoms with van der Waals surface area (Å²) in [7, 11) is 0. The second-order valence-electron chi connectivity index (χ2n) is 2.38. The van der Waals surface area contributed by atoms with E-state index in [0.29, 0.717) is 5.56 Å². The van der Waals surface area contributed by atoms with Crippen molar-refractivity contribution in [1.29, 1.82) is 5.26 Å². The van der Waals surface area contributed by atoms with E-state index in [1.807, 2.05) is 5.40 Å². The first kappa shape index (κ1) is 11.0. The Hall–Kier alpha value is -1.05. The van der Waals surface area contributed by atoms with Gasteiger partial charge in [-0.15, -0.1) is 0 Å². The van der Waals surface area contributed by atoms with Gasteiger partial charge in [-0.05, 0) is 47.5 Å². The summed E-state index contributed by atoms with van der Waals surface area (Å²) in [4.78, 5) is 11.4. The number of halogens is 1. The Labute approximate surface area is 94.7 Å². The van der Waals surface area contributed by atoms with E-state index in [0.717, 1.165) is 16.2 Å². The molecule has 0 radical (unpaired) electrons. The van der Waals surface area contributed by atoms with Crippen molar-refractivity contribution in [3.63, 3.8) is 0 Å². The third-order valence-corrected chi connectivity index (χ3v) is 2.38. The van der Waals surface area contributed by atoms with Crippen molar-refractivity contribution >= 4 is 33.5 Å². The first-order chi connectivity index (χ1) is 6.74. The molecule has 0 aliphatic carbocycles. The Balaban J connectivity index is 2.71. The van der Waals surface area contributed by atoms with Crippen molar-refractivity contribution in [3.05, 3.63) is 45.8 Å². The number of nitrogens with zero attached hydrogens (tertiary/aromatic N) is 1. The van der Waals surface area contributed by atoms with Gasteiger partial charge < -0.3 is 0 Å². The van der Waals surface area contributed by atoms with Gasteiger partial charge in [0.2, 0.25) is 0 Å². The van der Waals surface area contributed by atoms with Gasteiger partial charge in [0.05, 0.1) is 0 Å².